The summed E-state index contributed by atoms with van der Waals surface area (Å²) in [5, 5.41) is 10.5. The Kier molecular flexibility index (Phi) is 5.03. The van der Waals surface area contributed by atoms with Crippen LogP contribution in [0.15, 0.2) is 5.03 Å². The summed E-state index contributed by atoms with van der Waals surface area (Å²) >= 11 is 0.925. The number of rotatable bonds is 4. The van der Waals surface area contributed by atoms with Crippen LogP contribution < -0.4 is 11.1 Å². The Hall–Kier alpha value is -2.16. The van der Waals surface area contributed by atoms with Crippen LogP contribution in [0.4, 0.5) is 4.79 Å². The number of carbonyl (C=O) groups is 3. The Morgan fingerprint density at radius 1 is 1.30 bits per heavy atom. The number of primary amides is 1. The topological polar surface area (TPSA) is 135 Å². The molecule has 0 fully saturated rings. The van der Waals surface area contributed by atoms with Gasteiger partial charge in [0.05, 0.1) is 10.9 Å². The first-order valence-electron chi connectivity index (χ1n) is 5.57. The van der Waals surface area contributed by atoms with Gasteiger partial charge in [0, 0.05) is 0 Å². The van der Waals surface area contributed by atoms with Crippen molar-refractivity contribution in [2.45, 2.75) is 31.0 Å². The van der Waals surface area contributed by atoms with Gasteiger partial charge in [-0.2, -0.15) is 0 Å². The number of urea groups is 1. The van der Waals surface area contributed by atoms with E-state index in [1.807, 2.05) is 5.32 Å². The Balaban J connectivity index is 3.05. The van der Waals surface area contributed by atoms with E-state index in [9.17, 15) is 14.4 Å². The molecule has 1 rings (SSSR count). The molecule has 1 aromatic rings. The van der Waals surface area contributed by atoms with Gasteiger partial charge in [-0.25, -0.2) is 19.6 Å². The van der Waals surface area contributed by atoms with E-state index >= 15 is 0 Å². The summed E-state index contributed by atoms with van der Waals surface area (Å²) < 4.78 is 0. The van der Waals surface area contributed by atoms with Gasteiger partial charge in [-0.3, -0.25) is 10.1 Å². The van der Waals surface area contributed by atoms with Crippen LogP contribution in [-0.4, -0.2) is 38.2 Å². The third-order valence-electron chi connectivity index (χ3n) is 2.29. The van der Waals surface area contributed by atoms with E-state index in [2.05, 4.69) is 9.97 Å². The Labute approximate surface area is 119 Å². The van der Waals surface area contributed by atoms with Crippen LogP contribution in [-0.2, 0) is 4.79 Å². The van der Waals surface area contributed by atoms with E-state index < -0.39 is 23.2 Å². The second-order valence-electron chi connectivity index (χ2n) is 3.96. The van der Waals surface area contributed by atoms with Gasteiger partial charge >= 0.3 is 12.0 Å². The number of aryl methyl sites for hydroxylation is 2. The van der Waals surface area contributed by atoms with Gasteiger partial charge in [-0.15, -0.1) is 0 Å². The number of nitrogens with zero attached hydrogens (tertiary/aromatic N) is 2. The van der Waals surface area contributed by atoms with Gasteiger partial charge in [0.1, 0.15) is 16.4 Å². The first-order chi connectivity index (χ1) is 9.22. The predicted molar refractivity (Wildman–Crippen MR) is 71.5 cm³/mol. The number of aromatic carboxylic acids is 1. The van der Waals surface area contributed by atoms with E-state index in [1.165, 1.54) is 6.92 Å². The molecule has 0 aliphatic heterocycles. The maximum Gasteiger partial charge on any atom is 0.340 e. The monoisotopic (exact) mass is 298 g/mol. The molecule has 0 spiro atoms. The molecule has 4 N–H and O–H groups in total. The standard InChI is InChI=1S/C11H14N4O4S/c1-4-7(10(17)18)9(14-6(3)13-4)20-5(2)8(16)15-11(12)19/h5H,1-3H3,(H,17,18)(H3,12,15,16,19). The molecule has 0 bridgehead atoms. The third kappa shape index (κ3) is 3.92. The van der Waals surface area contributed by atoms with Crippen molar-refractivity contribution >= 4 is 29.7 Å². The van der Waals surface area contributed by atoms with E-state index in [1.54, 1.807) is 13.8 Å². The summed E-state index contributed by atoms with van der Waals surface area (Å²) in [4.78, 5) is 41.4. The van der Waals surface area contributed by atoms with E-state index in [0.29, 0.717) is 11.5 Å². The largest absolute Gasteiger partial charge is 0.478 e. The minimum absolute atomic E-state index is 0.0562. The molecular formula is C11H14N4O4S. The number of nitrogens with one attached hydrogen (secondary N) is 1. The van der Waals surface area contributed by atoms with Crippen molar-refractivity contribution in [3.63, 3.8) is 0 Å². The number of carbonyl (C=O) groups excluding carboxylic acids is 2. The number of carboxylic acids is 1. The van der Waals surface area contributed by atoms with Crippen molar-refractivity contribution in [2.75, 3.05) is 0 Å². The Bertz CT molecular complexity index is 576. The lowest BCUT2D eigenvalue weighted by Gasteiger charge is -2.12. The zero-order valence-corrected chi connectivity index (χ0v) is 11.9. The lowest BCUT2D eigenvalue weighted by Crippen LogP contribution is -2.39. The first-order valence-corrected chi connectivity index (χ1v) is 6.45. The highest BCUT2D eigenvalue weighted by Crippen LogP contribution is 2.26. The molecule has 108 valence electrons. The van der Waals surface area contributed by atoms with Crippen LogP contribution >= 0.6 is 11.8 Å². The zero-order valence-electron chi connectivity index (χ0n) is 11.1. The van der Waals surface area contributed by atoms with Crippen LogP contribution in [0, 0.1) is 13.8 Å². The van der Waals surface area contributed by atoms with E-state index in [-0.39, 0.29) is 10.6 Å². The summed E-state index contributed by atoms with van der Waals surface area (Å²) in [5.41, 5.74) is 5.11. The third-order valence-corrected chi connectivity index (χ3v) is 3.37. The molecule has 1 heterocycles. The smallest absolute Gasteiger partial charge is 0.340 e. The summed E-state index contributed by atoms with van der Waals surface area (Å²) in [5.74, 6) is -1.39. The molecule has 1 aromatic heterocycles. The zero-order chi connectivity index (χ0) is 15.4. The molecule has 0 aliphatic rings. The summed E-state index contributed by atoms with van der Waals surface area (Å²) in [7, 11) is 0. The van der Waals surface area contributed by atoms with Gasteiger partial charge in [0.25, 0.3) is 0 Å². The fourth-order valence-corrected chi connectivity index (χ4v) is 2.50. The number of carboxylic acid groups (broad SMARTS) is 1. The van der Waals surface area contributed by atoms with Crippen molar-refractivity contribution in [3.8, 4) is 0 Å². The Morgan fingerprint density at radius 3 is 2.40 bits per heavy atom. The quantitative estimate of drug-likeness (QED) is 0.543. The number of thioether (sulfide) groups is 1. The fraction of sp³-hybridized carbons (Fsp3) is 0.364. The average Bonchev–Trinajstić information content (AvgIpc) is 2.25. The van der Waals surface area contributed by atoms with E-state index in [4.69, 9.17) is 10.8 Å². The minimum atomic E-state index is -1.17. The molecule has 3 amide bonds. The van der Waals surface area contributed by atoms with Crippen molar-refractivity contribution in [1.29, 1.82) is 0 Å². The normalized spacial score (nSPS) is 11.8. The number of imide groups is 1. The van der Waals surface area contributed by atoms with Crippen molar-refractivity contribution in [3.05, 3.63) is 17.1 Å². The lowest BCUT2D eigenvalue weighted by molar-refractivity contribution is -0.119. The molecule has 0 saturated carbocycles. The van der Waals surface area contributed by atoms with E-state index in [0.717, 1.165) is 11.8 Å². The van der Waals surface area contributed by atoms with Crippen LogP contribution in [0.2, 0.25) is 0 Å². The highest BCUT2D eigenvalue weighted by atomic mass is 32.2. The molecule has 0 aliphatic carbocycles. The van der Waals surface area contributed by atoms with Crippen molar-refractivity contribution in [2.24, 2.45) is 5.73 Å². The number of hydrogen-bond donors (Lipinski definition) is 3. The molecule has 0 aromatic carbocycles. The van der Waals surface area contributed by atoms with Crippen molar-refractivity contribution in [1.82, 2.24) is 15.3 Å². The van der Waals surface area contributed by atoms with Crippen LogP contribution in [0.1, 0.15) is 28.8 Å². The van der Waals surface area contributed by atoms with Gasteiger partial charge in [0.2, 0.25) is 5.91 Å². The maximum absolute atomic E-state index is 11.6. The second kappa shape index (κ2) is 6.33. The summed E-state index contributed by atoms with van der Waals surface area (Å²) in [6.45, 7) is 4.69. The van der Waals surface area contributed by atoms with Crippen molar-refractivity contribution < 1.29 is 19.5 Å². The summed E-state index contributed by atoms with van der Waals surface area (Å²) in [6.07, 6.45) is 0. The predicted octanol–water partition coefficient (Wildman–Crippen LogP) is 0.467. The number of aromatic nitrogens is 2. The fourth-order valence-electron chi connectivity index (χ4n) is 1.46. The minimum Gasteiger partial charge on any atom is -0.478 e. The molecule has 20 heavy (non-hydrogen) atoms. The molecule has 8 nitrogen and oxygen atoms in total. The number of hydrogen-bond acceptors (Lipinski definition) is 6. The second-order valence-corrected chi connectivity index (χ2v) is 5.28. The van der Waals surface area contributed by atoms with Gasteiger partial charge < -0.3 is 10.8 Å². The average molecular weight is 298 g/mol. The Morgan fingerprint density at radius 2 is 1.90 bits per heavy atom. The molecule has 1 atom stereocenters. The molecule has 0 radical (unpaired) electrons. The first kappa shape index (κ1) is 15.9. The SMILES string of the molecule is Cc1nc(C)c(C(=O)O)c(SC(C)C(=O)NC(N)=O)n1. The molecular weight excluding hydrogens is 284 g/mol. The highest BCUT2D eigenvalue weighted by Gasteiger charge is 2.23. The maximum atomic E-state index is 11.6. The lowest BCUT2D eigenvalue weighted by atomic mass is 10.2. The van der Waals surface area contributed by atoms with Crippen LogP contribution in [0.3, 0.4) is 0 Å². The van der Waals surface area contributed by atoms with Gasteiger partial charge in [-0.1, -0.05) is 11.8 Å². The molecule has 0 saturated heterocycles. The molecule has 9 heteroatoms. The summed E-state index contributed by atoms with van der Waals surface area (Å²) in [6, 6.07) is -0.962. The highest BCUT2D eigenvalue weighted by molar-refractivity contribution is 8.00. The molecule has 1 unspecified atom stereocenters. The van der Waals surface area contributed by atoms with Crippen LogP contribution in [0.25, 0.3) is 0 Å². The number of nitrogens with two attached hydrogens (primary N) is 1. The van der Waals surface area contributed by atoms with Gasteiger partial charge in [0.15, 0.2) is 0 Å². The number of amides is 3. The van der Waals surface area contributed by atoms with Gasteiger partial charge in [-0.05, 0) is 20.8 Å². The van der Waals surface area contributed by atoms with Crippen LogP contribution in [0.5, 0.6) is 0 Å².